The minimum absolute atomic E-state index is 0.218. The van der Waals surface area contributed by atoms with E-state index in [0.29, 0.717) is 24.2 Å². The minimum atomic E-state index is -0.783. The highest BCUT2D eigenvalue weighted by Crippen LogP contribution is 2.35. The number of nitrogens with zero attached hydrogens (tertiary/aromatic N) is 3. The summed E-state index contributed by atoms with van der Waals surface area (Å²) in [4.78, 5) is 56.8. The van der Waals surface area contributed by atoms with Crippen LogP contribution in [0.5, 0.6) is 0 Å². The molecule has 0 fully saturated rings. The molecule has 0 unspecified atom stereocenters. The van der Waals surface area contributed by atoms with Gasteiger partial charge in [0.2, 0.25) is 11.8 Å². The summed E-state index contributed by atoms with van der Waals surface area (Å²) in [7, 11) is 1.86. The number of carbonyl (C=O) groups is 4. The molecule has 178 valence electrons. The molecule has 0 spiro atoms. The maximum absolute atomic E-state index is 13.1. The summed E-state index contributed by atoms with van der Waals surface area (Å²) in [5.41, 5.74) is 1.04. The lowest BCUT2D eigenvalue weighted by Gasteiger charge is -2.39. The maximum Gasteiger partial charge on any atom is 0.260 e. The molecular formula is C27H31N3O4. The van der Waals surface area contributed by atoms with Gasteiger partial charge in [0.05, 0.1) is 10.8 Å². The Morgan fingerprint density at radius 2 is 1.00 bits per heavy atom. The van der Waals surface area contributed by atoms with Gasteiger partial charge < -0.3 is 4.90 Å². The van der Waals surface area contributed by atoms with E-state index in [1.165, 1.54) is 9.80 Å². The molecule has 7 nitrogen and oxygen atoms in total. The van der Waals surface area contributed by atoms with Gasteiger partial charge in [-0.1, -0.05) is 36.4 Å². The van der Waals surface area contributed by atoms with Crippen molar-refractivity contribution in [1.82, 2.24) is 14.7 Å². The molecule has 0 atom stereocenters. The van der Waals surface area contributed by atoms with Crippen LogP contribution in [0.3, 0.4) is 0 Å². The largest absolute Gasteiger partial charge is 0.303 e. The van der Waals surface area contributed by atoms with Crippen molar-refractivity contribution in [3.8, 4) is 0 Å². The molecule has 0 saturated carbocycles. The lowest BCUT2D eigenvalue weighted by atomic mass is 9.77. The number of likely N-dealkylation sites (N-methyl/N-ethyl adjacent to an activating group) is 1. The standard InChI is InChI=1S/C27H31N3O4/c1-26(2)20-12-8-6-10-18(20)22(31)29(24(26)33)16-14-28(5)15-17-30-23(32)19-11-7-9-13-21(19)27(3,4)25(30)34/h6-13H,14-17H2,1-5H3. The molecule has 2 heterocycles. The molecule has 0 aromatic heterocycles. The van der Waals surface area contributed by atoms with Crippen LogP contribution in [0.15, 0.2) is 48.5 Å². The van der Waals surface area contributed by atoms with Crippen LogP contribution in [0, 0.1) is 0 Å². The summed E-state index contributed by atoms with van der Waals surface area (Å²) in [6.07, 6.45) is 0. The first-order valence-corrected chi connectivity index (χ1v) is 11.6. The molecular weight excluding hydrogens is 430 g/mol. The highest BCUT2D eigenvalue weighted by Gasteiger charge is 2.45. The van der Waals surface area contributed by atoms with Crippen LogP contribution in [-0.4, -0.2) is 71.6 Å². The molecule has 7 heteroatoms. The van der Waals surface area contributed by atoms with Crippen LogP contribution in [0.25, 0.3) is 0 Å². The molecule has 2 aliphatic heterocycles. The first-order chi connectivity index (χ1) is 16.0. The predicted molar refractivity (Wildman–Crippen MR) is 129 cm³/mol. The summed E-state index contributed by atoms with van der Waals surface area (Å²) in [6.45, 7) is 8.70. The van der Waals surface area contributed by atoms with Crippen LogP contribution >= 0.6 is 0 Å². The van der Waals surface area contributed by atoms with Crippen LogP contribution in [-0.2, 0) is 20.4 Å². The van der Waals surface area contributed by atoms with Crippen LogP contribution in [0.1, 0.15) is 59.5 Å². The van der Waals surface area contributed by atoms with Gasteiger partial charge in [-0.05, 0) is 58.0 Å². The van der Waals surface area contributed by atoms with Crippen molar-refractivity contribution < 1.29 is 19.2 Å². The van der Waals surface area contributed by atoms with Gasteiger partial charge in [0.1, 0.15) is 0 Å². The molecule has 0 radical (unpaired) electrons. The lowest BCUT2D eigenvalue weighted by molar-refractivity contribution is -0.134. The van der Waals surface area contributed by atoms with Crippen molar-refractivity contribution in [3.63, 3.8) is 0 Å². The number of imide groups is 2. The Morgan fingerprint density at radius 3 is 1.38 bits per heavy atom. The molecule has 2 aromatic rings. The molecule has 0 bridgehead atoms. The minimum Gasteiger partial charge on any atom is -0.303 e. The fourth-order valence-electron chi connectivity index (χ4n) is 4.87. The monoisotopic (exact) mass is 461 g/mol. The number of fused-ring (bicyclic) bond motifs is 2. The smallest absolute Gasteiger partial charge is 0.260 e. The second kappa shape index (κ2) is 8.47. The third-order valence-corrected chi connectivity index (χ3v) is 7.12. The van der Waals surface area contributed by atoms with Gasteiger partial charge in [0.15, 0.2) is 0 Å². The molecule has 4 amide bonds. The molecule has 0 N–H and O–H groups in total. The van der Waals surface area contributed by atoms with E-state index in [2.05, 4.69) is 0 Å². The van der Waals surface area contributed by atoms with Gasteiger partial charge in [-0.15, -0.1) is 0 Å². The first kappa shape index (κ1) is 23.8. The molecule has 4 rings (SSSR count). The second-order valence-electron chi connectivity index (χ2n) is 10.2. The van der Waals surface area contributed by atoms with E-state index < -0.39 is 10.8 Å². The normalized spacial score (nSPS) is 18.9. The highest BCUT2D eigenvalue weighted by molar-refractivity contribution is 6.13. The SMILES string of the molecule is CN(CCN1C(=O)c2ccccc2C(C)(C)C1=O)CCN1C(=O)c2ccccc2C(C)(C)C1=O. The average Bonchev–Trinajstić information content (AvgIpc) is 2.82. The van der Waals surface area contributed by atoms with E-state index in [0.717, 1.165) is 11.1 Å². The first-order valence-electron chi connectivity index (χ1n) is 11.6. The quantitative estimate of drug-likeness (QED) is 0.619. The fraction of sp³-hybridized carbons (Fsp3) is 0.407. The van der Waals surface area contributed by atoms with Crippen molar-refractivity contribution in [2.24, 2.45) is 0 Å². The zero-order valence-electron chi connectivity index (χ0n) is 20.4. The van der Waals surface area contributed by atoms with E-state index in [-0.39, 0.29) is 36.7 Å². The summed E-state index contributed by atoms with van der Waals surface area (Å²) >= 11 is 0. The van der Waals surface area contributed by atoms with E-state index in [1.807, 2.05) is 63.9 Å². The van der Waals surface area contributed by atoms with Gasteiger partial charge >= 0.3 is 0 Å². The Morgan fingerprint density at radius 1 is 0.647 bits per heavy atom. The predicted octanol–water partition coefficient (Wildman–Crippen LogP) is 2.84. The van der Waals surface area contributed by atoms with Crippen molar-refractivity contribution in [3.05, 3.63) is 70.8 Å². The van der Waals surface area contributed by atoms with E-state index >= 15 is 0 Å². The number of carbonyl (C=O) groups excluding carboxylic acids is 4. The van der Waals surface area contributed by atoms with Crippen LogP contribution in [0.2, 0.25) is 0 Å². The molecule has 0 saturated heterocycles. The second-order valence-corrected chi connectivity index (χ2v) is 10.2. The van der Waals surface area contributed by atoms with Crippen LogP contribution < -0.4 is 0 Å². The summed E-state index contributed by atoms with van der Waals surface area (Å²) in [5.74, 6) is -1.00. The number of hydrogen-bond acceptors (Lipinski definition) is 5. The number of rotatable bonds is 6. The summed E-state index contributed by atoms with van der Waals surface area (Å²) in [5, 5.41) is 0. The van der Waals surface area contributed by atoms with E-state index in [4.69, 9.17) is 0 Å². The maximum atomic E-state index is 13.1. The Hall–Kier alpha value is -3.32. The Balaban J connectivity index is 1.42. The zero-order valence-corrected chi connectivity index (χ0v) is 20.4. The number of amides is 4. The van der Waals surface area contributed by atoms with Crippen molar-refractivity contribution in [2.45, 2.75) is 38.5 Å². The molecule has 0 aliphatic carbocycles. The summed E-state index contributed by atoms with van der Waals surface area (Å²) < 4.78 is 0. The van der Waals surface area contributed by atoms with Gasteiger partial charge in [-0.25, -0.2) is 0 Å². The van der Waals surface area contributed by atoms with E-state index in [9.17, 15) is 19.2 Å². The van der Waals surface area contributed by atoms with E-state index in [1.54, 1.807) is 24.3 Å². The van der Waals surface area contributed by atoms with Gasteiger partial charge in [0, 0.05) is 37.3 Å². The third-order valence-electron chi connectivity index (χ3n) is 7.12. The van der Waals surface area contributed by atoms with Crippen molar-refractivity contribution >= 4 is 23.6 Å². The Bertz CT molecular complexity index is 1090. The number of benzene rings is 2. The highest BCUT2D eigenvalue weighted by atomic mass is 16.2. The third kappa shape index (κ3) is 3.74. The van der Waals surface area contributed by atoms with Gasteiger partial charge in [0.25, 0.3) is 11.8 Å². The number of hydrogen-bond donors (Lipinski definition) is 0. The van der Waals surface area contributed by atoms with Gasteiger partial charge in [-0.2, -0.15) is 0 Å². The van der Waals surface area contributed by atoms with Crippen molar-refractivity contribution in [2.75, 3.05) is 33.2 Å². The molecule has 34 heavy (non-hydrogen) atoms. The lowest BCUT2D eigenvalue weighted by Crippen LogP contribution is -2.54. The summed E-state index contributed by atoms with van der Waals surface area (Å²) in [6, 6.07) is 14.5. The van der Waals surface area contributed by atoms with Crippen LogP contribution in [0.4, 0.5) is 0 Å². The molecule has 2 aromatic carbocycles. The Kier molecular flexibility index (Phi) is 5.94. The van der Waals surface area contributed by atoms with Gasteiger partial charge in [-0.3, -0.25) is 29.0 Å². The topological polar surface area (TPSA) is 78.0 Å². The Labute approximate surface area is 200 Å². The zero-order chi connectivity index (χ0) is 24.8. The average molecular weight is 462 g/mol. The fourth-order valence-corrected chi connectivity index (χ4v) is 4.87. The molecule has 2 aliphatic rings. The van der Waals surface area contributed by atoms with Crippen molar-refractivity contribution in [1.29, 1.82) is 0 Å².